The Bertz CT molecular complexity index is 3790. The molecule has 7 aliphatic rings. The van der Waals surface area contributed by atoms with Crippen molar-refractivity contribution in [3.05, 3.63) is 82.8 Å². The van der Waals surface area contributed by atoms with Gasteiger partial charge < -0.3 is 90.4 Å². The van der Waals surface area contributed by atoms with Crippen LogP contribution in [0.2, 0.25) is 0 Å². The van der Waals surface area contributed by atoms with Crippen molar-refractivity contribution in [3.8, 4) is 5.75 Å². The molecule has 4 aromatic rings. The largest absolute Gasteiger partial charge is 0.496 e. The zero-order valence-electron chi connectivity index (χ0n) is 57.3. The zero-order valence-corrected chi connectivity index (χ0v) is 59.0. The second-order valence-corrected chi connectivity index (χ2v) is 30.3. The van der Waals surface area contributed by atoms with Gasteiger partial charge in [-0.25, -0.2) is 19.7 Å². The Kier molecular flexibility index (Phi) is 22.5. The van der Waals surface area contributed by atoms with Gasteiger partial charge in [0.05, 0.1) is 57.2 Å². The molecule has 34 heteroatoms. The molecule has 1 spiro atoms. The van der Waals surface area contributed by atoms with Crippen LogP contribution >= 0.6 is 21.6 Å². The number of amides is 4. The third kappa shape index (κ3) is 13.8. The van der Waals surface area contributed by atoms with Crippen LogP contribution in [-0.4, -0.2) is 276 Å². The van der Waals surface area contributed by atoms with Crippen LogP contribution in [0.4, 0.5) is 10.5 Å². The quantitative estimate of drug-likeness (QED) is 0.0120. The molecule has 5 unspecified atom stereocenters. The van der Waals surface area contributed by atoms with Crippen LogP contribution in [0.1, 0.15) is 87.4 Å². The molecule has 1 aliphatic carbocycles. The van der Waals surface area contributed by atoms with Crippen LogP contribution in [0.3, 0.4) is 0 Å². The van der Waals surface area contributed by atoms with Gasteiger partial charge in [-0.1, -0.05) is 71.0 Å². The zero-order chi connectivity index (χ0) is 72.7. The van der Waals surface area contributed by atoms with Gasteiger partial charge in [-0.3, -0.25) is 39.2 Å². The fourth-order valence-corrected chi connectivity index (χ4v) is 19.3. The number of nitrogens with zero attached hydrogens (tertiary/aromatic N) is 6. The summed E-state index contributed by atoms with van der Waals surface area (Å²) in [6.07, 6.45) is -4.90. The van der Waals surface area contributed by atoms with E-state index in [9.17, 15) is 64.8 Å². The highest BCUT2D eigenvalue weighted by molar-refractivity contribution is 8.76. The number of rotatable bonds is 26. The lowest BCUT2D eigenvalue weighted by Crippen LogP contribution is -2.82. The summed E-state index contributed by atoms with van der Waals surface area (Å²) in [5, 5.41) is 105. The molecule has 8 heterocycles. The minimum Gasteiger partial charge on any atom is -0.496 e. The van der Waals surface area contributed by atoms with Crippen molar-refractivity contribution >= 4 is 79.9 Å². The number of hydrogen-bond donors (Lipinski definition) is 14. The van der Waals surface area contributed by atoms with Crippen LogP contribution < -0.4 is 36.4 Å². The van der Waals surface area contributed by atoms with Crippen molar-refractivity contribution in [1.82, 2.24) is 56.6 Å². The van der Waals surface area contributed by atoms with E-state index in [1.165, 1.54) is 53.7 Å². The van der Waals surface area contributed by atoms with Crippen LogP contribution in [0.25, 0.3) is 10.9 Å². The van der Waals surface area contributed by atoms with E-state index in [1.807, 2.05) is 67.3 Å². The highest BCUT2D eigenvalue weighted by Gasteiger charge is 2.79. The number of methoxy groups -OCH3 is 2. The predicted octanol–water partition coefficient (Wildman–Crippen LogP) is -0.819. The Labute approximate surface area is 590 Å². The molecule has 18 atom stereocenters. The number of likely N-dealkylation sites (N-methyl/N-ethyl adjacent to an activating group) is 2. The third-order valence-corrected chi connectivity index (χ3v) is 24.3. The lowest BCUT2D eigenvalue weighted by molar-refractivity contribution is -0.294. The van der Waals surface area contributed by atoms with Crippen molar-refractivity contribution in [2.75, 3.05) is 90.7 Å². The maximum absolute atomic E-state index is 15.6. The molecule has 11 rings (SSSR count). The number of H-pyrrole nitrogens is 1. The average molecular weight is 1450 g/mol. The molecule has 2 aromatic carbocycles. The molecule has 2 aromatic heterocycles. The number of hydrogen-bond acceptors (Lipinski definition) is 26. The van der Waals surface area contributed by atoms with Crippen molar-refractivity contribution in [3.63, 3.8) is 0 Å². The monoisotopic (exact) mass is 1450 g/mol. The smallest absolute Gasteiger partial charge is 0.426 e. The normalized spacial score (nSPS) is 31.9. The van der Waals surface area contributed by atoms with Crippen molar-refractivity contribution in [2.24, 2.45) is 11.3 Å². The molecule has 2 bridgehead atoms. The van der Waals surface area contributed by atoms with E-state index in [0.717, 1.165) is 22.0 Å². The molecular formula is C67H92N12O20S2. The molecule has 101 heavy (non-hydrogen) atoms. The molecule has 3 saturated heterocycles. The van der Waals surface area contributed by atoms with Gasteiger partial charge in [-0.05, 0) is 88.2 Å². The first kappa shape index (κ1) is 75.0. The van der Waals surface area contributed by atoms with E-state index in [0.29, 0.717) is 93.3 Å². The number of anilines is 1. The highest BCUT2D eigenvalue weighted by Crippen LogP contribution is 2.68. The van der Waals surface area contributed by atoms with Crippen molar-refractivity contribution in [2.45, 2.75) is 168 Å². The van der Waals surface area contributed by atoms with Gasteiger partial charge in [-0.2, -0.15) is 0 Å². The molecule has 6 aliphatic heterocycles. The number of carbonyl (C=O) groups is 7. The van der Waals surface area contributed by atoms with Gasteiger partial charge in [0.15, 0.2) is 18.0 Å². The van der Waals surface area contributed by atoms with E-state index in [4.69, 9.17) is 23.7 Å². The maximum Gasteiger partial charge on any atom is 0.426 e. The Morgan fingerprint density at radius 2 is 1.65 bits per heavy atom. The standard InChI is InChI=1S/C67H92N12O20S2/c1-8-63(93)29-36-30-66(61(91)96-7,52-39(15-19-77(31-36)34-63)38-13-10-11-14-42(38)70-52)41-26-40-45(28-46(41)95-6)76(5)58-65(40)17-20-78-18-12-16-64(9-2,57(65)78)59(89)67(58,94)60(90)73-74-62(92)98-23-24-100-101-33-35(3)69-54(86)44(71-53(85)43(68-4)27-47(80)81)25-37-32-79(75-72-37)21-22-97-56-50(84)48(82)49(83)51(99-56)55(87)88/h10-14,16,26,28,32,35-36,43-44,48-51,56-59,68,70,82-84,89,93-94H,8-9,15,17-25,27,29-31,33-34H2,1-7H3,(H,69,86)(H,71,85)(H,73,90)(H,74,92)(H,80,81)(H,87,88)/t35-,36?,43+,44+,48+,49?,50?,51?,56+,57+,58-,59-,63+,64-,65-,66+,67+/m1/s1. The van der Waals surface area contributed by atoms with Gasteiger partial charge >= 0.3 is 24.0 Å². The summed E-state index contributed by atoms with van der Waals surface area (Å²) in [6.45, 7) is 7.96. The van der Waals surface area contributed by atoms with E-state index in [-0.39, 0.29) is 50.0 Å². The first-order valence-corrected chi connectivity index (χ1v) is 36.5. The van der Waals surface area contributed by atoms with Crippen molar-refractivity contribution < 1.29 is 98.1 Å². The summed E-state index contributed by atoms with van der Waals surface area (Å²) >= 11 is 0. The summed E-state index contributed by atoms with van der Waals surface area (Å²) in [7, 11) is 8.69. The molecule has 4 fully saturated rings. The van der Waals surface area contributed by atoms with Crippen LogP contribution in [0, 0.1) is 11.3 Å². The number of aliphatic hydroxyl groups excluding tert-OH is 4. The van der Waals surface area contributed by atoms with Gasteiger partial charge in [0.2, 0.25) is 11.8 Å². The number of fused-ring (bicyclic) bond motifs is 6. The lowest BCUT2D eigenvalue weighted by atomic mass is 9.47. The number of carboxylic acids is 2. The third-order valence-electron chi connectivity index (χ3n) is 21.8. The number of carboxylic acid groups (broad SMARTS) is 2. The minimum atomic E-state index is -2.64. The number of nitrogens with one attached hydrogen (secondary N) is 6. The summed E-state index contributed by atoms with van der Waals surface area (Å²) in [5.41, 5.74) is 1.69. The van der Waals surface area contributed by atoms with Gasteiger partial charge in [0.25, 0.3) is 5.91 Å². The SMILES string of the molecule is CC[C@]1(O)CC2CN(CCc3c([nH]c4ccccc34)[C@@](C(=O)OC)(c3cc4c(cc3OC)N(C)[C@H]3[C@@](O)(C(=O)NNC(=O)OCCSSC[C@@H](C)NC(=O)[C@H](Cc5cn(CCO[C@H]6OC(C(=O)O)C(O)[C@H](O)C6O)nn5)NC(=O)[C@H](CC(=O)O)NC)[C@H](O)[C@]5(CC)C=CCN6CC[C@]43[C@@H]65)C2)C1. The summed E-state index contributed by atoms with van der Waals surface area (Å²) in [6, 6.07) is 7.15. The van der Waals surface area contributed by atoms with Gasteiger partial charge in [0, 0.05) is 114 Å². The molecule has 1 saturated carbocycles. The first-order chi connectivity index (χ1) is 48.2. The average Bonchev–Trinajstić information content (AvgIpc) is 1.50. The molecule has 0 radical (unpaired) electrons. The number of esters is 1. The molecule has 552 valence electrons. The maximum atomic E-state index is 15.6. The number of aliphatic carboxylic acids is 2. The van der Waals surface area contributed by atoms with Gasteiger partial charge in [-0.15, -0.1) is 5.10 Å². The minimum absolute atomic E-state index is 0.0505. The van der Waals surface area contributed by atoms with E-state index in [1.54, 1.807) is 14.0 Å². The fourth-order valence-electron chi connectivity index (χ4n) is 17.2. The van der Waals surface area contributed by atoms with Crippen LogP contribution in [-0.2, 0) is 77.9 Å². The van der Waals surface area contributed by atoms with E-state index in [2.05, 4.69) is 51.9 Å². The number of ether oxygens (including phenoxy) is 5. The topological polar surface area (TPSA) is 444 Å². The first-order valence-electron chi connectivity index (χ1n) is 34.0. The number of hydrazine groups is 1. The summed E-state index contributed by atoms with van der Waals surface area (Å²) < 4.78 is 29.8. The van der Waals surface area contributed by atoms with E-state index < -0.39 is 143 Å². The molecule has 14 N–H and O–H groups in total. The van der Waals surface area contributed by atoms with Crippen LogP contribution in [0.5, 0.6) is 5.75 Å². The lowest BCUT2D eigenvalue weighted by Gasteiger charge is -2.63. The van der Waals surface area contributed by atoms with Crippen LogP contribution in [0.15, 0.2) is 54.7 Å². The predicted molar refractivity (Wildman–Crippen MR) is 365 cm³/mol. The number of para-hydroxylation sites is 1. The second-order valence-electron chi connectivity index (χ2n) is 27.6. The molecule has 32 nitrogen and oxygen atoms in total. The molecule has 4 amide bonds. The van der Waals surface area contributed by atoms with E-state index >= 15 is 9.59 Å². The number of benzene rings is 2. The Hall–Kier alpha value is -7.19. The Morgan fingerprint density at radius 1 is 0.891 bits per heavy atom. The second kappa shape index (κ2) is 30.3. The number of aromatic amines is 1. The Morgan fingerprint density at radius 3 is 2.37 bits per heavy atom. The molecular weight excluding hydrogens is 1360 g/mol. The fraction of sp³-hybridized carbons (Fsp3) is 0.627. The summed E-state index contributed by atoms with van der Waals surface area (Å²) in [4.78, 5) is 105. The number of aromatic nitrogens is 4. The highest BCUT2D eigenvalue weighted by atomic mass is 33.1. The van der Waals surface area contributed by atoms with Crippen molar-refractivity contribution in [1.29, 1.82) is 0 Å². The summed E-state index contributed by atoms with van der Waals surface area (Å²) in [5.74, 6) is -5.21. The van der Waals surface area contributed by atoms with Gasteiger partial charge in [0.1, 0.15) is 48.2 Å². The number of aliphatic hydroxyl groups is 6. The number of piperidine rings is 1. The number of carbonyl (C=O) groups excluding carboxylic acids is 5. The Balaban J connectivity index is 0.758.